The molecule has 1 aromatic rings. The molecule has 120 valence electrons. The van der Waals surface area contributed by atoms with E-state index in [1.165, 1.54) is 5.56 Å². The van der Waals surface area contributed by atoms with Gasteiger partial charge in [0.25, 0.3) is 0 Å². The number of nitrogens with zero attached hydrogens (tertiary/aromatic N) is 2. The number of carbonyl (C=O) groups excluding carboxylic acids is 2. The van der Waals surface area contributed by atoms with Crippen molar-refractivity contribution < 1.29 is 9.59 Å². The Morgan fingerprint density at radius 2 is 1.64 bits per heavy atom. The van der Waals surface area contributed by atoms with Crippen LogP contribution in [0, 0.1) is 0 Å². The number of amides is 2. The second kappa shape index (κ2) is 8.83. The predicted octanol–water partition coefficient (Wildman–Crippen LogP) is 2.04. The molecule has 0 saturated carbocycles. The molecule has 0 bridgehead atoms. The summed E-state index contributed by atoms with van der Waals surface area (Å²) in [5.74, 6) is 0.913. The van der Waals surface area contributed by atoms with Gasteiger partial charge in [-0.1, -0.05) is 30.3 Å². The van der Waals surface area contributed by atoms with Crippen molar-refractivity contribution in [2.45, 2.75) is 19.3 Å². The molecule has 0 aromatic heterocycles. The summed E-state index contributed by atoms with van der Waals surface area (Å²) in [6.45, 7) is 2.85. The van der Waals surface area contributed by atoms with Crippen LogP contribution < -0.4 is 0 Å². The fourth-order valence-corrected chi connectivity index (χ4v) is 3.11. The topological polar surface area (TPSA) is 40.6 Å². The molecule has 0 atom stereocenters. The van der Waals surface area contributed by atoms with Gasteiger partial charge in [0, 0.05) is 32.6 Å². The summed E-state index contributed by atoms with van der Waals surface area (Å²) in [7, 11) is 0. The zero-order valence-corrected chi connectivity index (χ0v) is 14.0. The Bertz CT molecular complexity index is 493. The van der Waals surface area contributed by atoms with Crippen LogP contribution in [-0.2, 0) is 16.0 Å². The first-order chi connectivity index (χ1) is 10.7. The van der Waals surface area contributed by atoms with Gasteiger partial charge >= 0.3 is 0 Å². The van der Waals surface area contributed by atoms with Crippen molar-refractivity contribution in [2.24, 2.45) is 0 Å². The van der Waals surface area contributed by atoms with E-state index < -0.39 is 0 Å². The van der Waals surface area contributed by atoms with Gasteiger partial charge < -0.3 is 9.80 Å². The van der Waals surface area contributed by atoms with E-state index in [1.54, 1.807) is 11.8 Å². The first-order valence-corrected chi connectivity index (χ1v) is 9.18. The standard InChI is InChI=1S/C17H24N2O2S/c1-22-14-17(21)19-11-5-10-18(12-13-19)16(20)9-8-15-6-3-2-4-7-15/h2-4,6-7H,5,8-14H2,1H3. The summed E-state index contributed by atoms with van der Waals surface area (Å²) in [4.78, 5) is 28.1. The molecule has 22 heavy (non-hydrogen) atoms. The molecule has 4 nitrogen and oxygen atoms in total. The lowest BCUT2D eigenvalue weighted by Crippen LogP contribution is -2.38. The normalized spacial score (nSPS) is 15.5. The molecule has 1 aliphatic heterocycles. The van der Waals surface area contributed by atoms with Crippen LogP contribution in [0.4, 0.5) is 0 Å². The van der Waals surface area contributed by atoms with Crippen LogP contribution in [0.15, 0.2) is 30.3 Å². The van der Waals surface area contributed by atoms with E-state index in [0.717, 1.165) is 25.9 Å². The summed E-state index contributed by atoms with van der Waals surface area (Å²) in [6.07, 6.45) is 4.14. The van der Waals surface area contributed by atoms with Gasteiger partial charge in [0.05, 0.1) is 5.75 Å². The molecule has 0 unspecified atom stereocenters. The van der Waals surface area contributed by atoms with Gasteiger partial charge in [0.15, 0.2) is 0 Å². The molecule has 2 rings (SSSR count). The van der Waals surface area contributed by atoms with Crippen LogP contribution >= 0.6 is 11.8 Å². The Kier molecular flexibility index (Phi) is 6.77. The van der Waals surface area contributed by atoms with Crippen LogP contribution in [0.2, 0.25) is 0 Å². The SMILES string of the molecule is CSCC(=O)N1CCCN(C(=O)CCc2ccccc2)CC1. The van der Waals surface area contributed by atoms with Crippen LogP contribution in [0.1, 0.15) is 18.4 Å². The molecule has 2 amide bonds. The number of aryl methyl sites for hydroxylation is 1. The third kappa shape index (κ3) is 5.05. The van der Waals surface area contributed by atoms with Crippen LogP contribution in [-0.4, -0.2) is 59.8 Å². The van der Waals surface area contributed by atoms with Gasteiger partial charge in [-0.2, -0.15) is 11.8 Å². The third-order valence-corrected chi connectivity index (χ3v) is 4.48. The van der Waals surface area contributed by atoms with Crippen molar-refractivity contribution in [1.82, 2.24) is 9.80 Å². The Labute approximate surface area is 136 Å². The molecule has 0 aliphatic carbocycles. The number of carbonyl (C=O) groups is 2. The van der Waals surface area contributed by atoms with Crippen LogP contribution in [0.25, 0.3) is 0 Å². The minimum Gasteiger partial charge on any atom is -0.341 e. The number of hydrogen-bond donors (Lipinski definition) is 0. The Hall–Kier alpha value is -1.49. The van der Waals surface area contributed by atoms with Gasteiger partial charge in [-0.05, 0) is 24.7 Å². The molecule has 0 radical (unpaired) electrons. The minimum atomic E-state index is 0.186. The van der Waals surface area contributed by atoms with E-state index in [9.17, 15) is 9.59 Å². The van der Waals surface area contributed by atoms with E-state index in [1.807, 2.05) is 34.3 Å². The van der Waals surface area contributed by atoms with Crippen molar-refractivity contribution in [2.75, 3.05) is 38.2 Å². The first-order valence-electron chi connectivity index (χ1n) is 7.79. The zero-order chi connectivity index (χ0) is 15.8. The maximum absolute atomic E-state index is 12.3. The van der Waals surface area contributed by atoms with Gasteiger partial charge in [0.2, 0.25) is 11.8 Å². The van der Waals surface area contributed by atoms with Gasteiger partial charge in [-0.25, -0.2) is 0 Å². The molecular weight excluding hydrogens is 296 g/mol. The van der Waals surface area contributed by atoms with Crippen LogP contribution in [0.5, 0.6) is 0 Å². The van der Waals surface area contributed by atoms with Crippen LogP contribution in [0.3, 0.4) is 0 Å². The van der Waals surface area contributed by atoms with E-state index in [2.05, 4.69) is 12.1 Å². The smallest absolute Gasteiger partial charge is 0.232 e. The Morgan fingerprint density at radius 3 is 2.27 bits per heavy atom. The highest BCUT2D eigenvalue weighted by Gasteiger charge is 2.21. The number of thioether (sulfide) groups is 1. The maximum Gasteiger partial charge on any atom is 0.232 e. The monoisotopic (exact) mass is 320 g/mol. The summed E-state index contributed by atoms with van der Waals surface area (Å²) >= 11 is 1.55. The summed E-state index contributed by atoms with van der Waals surface area (Å²) in [6, 6.07) is 10.1. The molecular formula is C17H24N2O2S. The Morgan fingerprint density at radius 1 is 1.00 bits per heavy atom. The van der Waals surface area contributed by atoms with Crippen molar-refractivity contribution in [3.8, 4) is 0 Å². The zero-order valence-electron chi connectivity index (χ0n) is 13.2. The summed E-state index contributed by atoms with van der Waals surface area (Å²) in [5.41, 5.74) is 1.20. The van der Waals surface area contributed by atoms with E-state index >= 15 is 0 Å². The largest absolute Gasteiger partial charge is 0.341 e. The fourth-order valence-electron chi connectivity index (χ4n) is 2.69. The molecule has 5 heteroatoms. The average molecular weight is 320 g/mol. The predicted molar refractivity (Wildman–Crippen MR) is 90.9 cm³/mol. The molecule has 1 aliphatic rings. The molecule has 1 aromatic carbocycles. The van der Waals surface area contributed by atoms with E-state index in [-0.39, 0.29) is 11.8 Å². The highest BCUT2D eigenvalue weighted by atomic mass is 32.2. The quantitative estimate of drug-likeness (QED) is 0.834. The fraction of sp³-hybridized carbons (Fsp3) is 0.529. The second-order valence-corrected chi connectivity index (χ2v) is 6.40. The number of benzene rings is 1. The number of hydrogen-bond acceptors (Lipinski definition) is 3. The van der Waals surface area contributed by atoms with Crippen molar-refractivity contribution in [3.05, 3.63) is 35.9 Å². The molecule has 0 spiro atoms. The second-order valence-electron chi connectivity index (χ2n) is 5.53. The minimum absolute atomic E-state index is 0.186. The van der Waals surface area contributed by atoms with Crippen molar-refractivity contribution in [1.29, 1.82) is 0 Å². The van der Waals surface area contributed by atoms with Crippen molar-refractivity contribution >= 4 is 23.6 Å². The maximum atomic E-state index is 12.3. The number of rotatable bonds is 5. The van der Waals surface area contributed by atoms with Gasteiger partial charge in [0.1, 0.15) is 0 Å². The highest BCUT2D eigenvalue weighted by Crippen LogP contribution is 2.09. The molecule has 1 fully saturated rings. The van der Waals surface area contributed by atoms with E-state index in [0.29, 0.717) is 25.3 Å². The lowest BCUT2D eigenvalue weighted by atomic mass is 10.1. The van der Waals surface area contributed by atoms with Crippen molar-refractivity contribution in [3.63, 3.8) is 0 Å². The van der Waals surface area contributed by atoms with Gasteiger partial charge in [-0.15, -0.1) is 0 Å². The lowest BCUT2D eigenvalue weighted by Gasteiger charge is -2.22. The summed E-state index contributed by atoms with van der Waals surface area (Å²) in [5, 5.41) is 0. The molecule has 0 N–H and O–H groups in total. The average Bonchev–Trinajstić information content (AvgIpc) is 2.80. The lowest BCUT2D eigenvalue weighted by molar-refractivity contribution is -0.132. The Balaban J connectivity index is 1.80. The summed E-state index contributed by atoms with van der Waals surface area (Å²) < 4.78 is 0. The molecule has 1 saturated heterocycles. The van der Waals surface area contributed by atoms with E-state index in [4.69, 9.17) is 0 Å². The first kappa shape index (κ1) is 16.9. The van der Waals surface area contributed by atoms with Gasteiger partial charge in [-0.3, -0.25) is 9.59 Å². The third-order valence-electron chi connectivity index (χ3n) is 3.94. The highest BCUT2D eigenvalue weighted by molar-refractivity contribution is 7.99. The molecule has 1 heterocycles.